The molecule has 0 unspecified atom stereocenters. The van der Waals surface area contributed by atoms with Crippen LogP contribution in [0.4, 0.5) is 0 Å². The van der Waals surface area contributed by atoms with Crippen molar-refractivity contribution in [3.8, 4) is 0 Å². The highest BCUT2D eigenvalue weighted by Gasteiger charge is 2.22. The molecule has 0 spiro atoms. The van der Waals surface area contributed by atoms with Gasteiger partial charge >= 0.3 is 0 Å². The third kappa shape index (κ3) is 3.09. The molecule has 0 fully saturated rings. The Hall–Kier alpha value is -1.93. The maximum Gasteiger partial charge on any atom is 0.167 e. The van der Waals surface area contributed by atoms with Gasteiger partial charge in [-0.25, -0.2) is 0 Å². The molecule has 0 radical (unpaired) electrons. The van der Waals surface area contributed by atoms with Crippen LogP contribution in [0.15, 0.2) is 54.6 Å². The molecule has 2 atom stereocenters. The Labute approximate surface area is 114 Å². The summed E-state index contributed by atoms with van der Waals surface area (Å²) in [5.41, 5.74) is 9.12. The minimum atomic E-state index is -0.270. The van der Waals surface area contributed by atoms with Crippen LogP contribution < -0.4 is 5.73 Å². The fraction of sp³-hybridized carbons (Fsp3) is 0.235. The van der Waals surface area contributed by atoms with Crippen LogP contribution in [0.25, 0.3) is 0 Å². The van der Waals surface area contributed by atoms with E-state index in [0.29, 0.717) is 0 Å². The summed E-state index contributed by atoms with van der Waals surface area (Å²) >= 11 is 0. The van der Waals surface area contributed by atoms with Gasteiger partial charge in [-0.1, -0.05) is 67.1 Å². The van der Waals surface area contributed by atoms with Gasteiger partial charge in [0.2, 0.25) is 0 Å². The lowest BCUT2D eigenvalue weighted by atomic mass is 9.88. The van der Waals surface area contributed by atoms with E-state index in [4.69, 9.17) is 5.73 Å². The molecule has 0 aromatic heterocycles. The van der Waals surface area contributed by atoms with Gasteiger partial charge in [0.05, 0.1) is 0 Å². The molecule has 2 aromatic rings. The lowest BCUT2D eigenvalue weighted by molar-refractivity contribution is 0.0913. The Morgan fingerprint density at radius 2 is 1.58 bits per heavy atom. The van der Waals surface area contributed by atoms with Crippen LogP contribution in [0.1, 0.15) is 34.5 Å². The molecule has 0 amide bonds. The number of ketones is 1. The van der Waals surface area contributed by atoms with Crippen molar-refractivity contribution in [1.82, 2.24) is 0 Å². The highest BCUT2D eigenvalue weighted by molar-refractivity contribution is 5.98. The summed E-state index contributed by atoms with van der Waals surface area (Å²) in [7, 11) is 0. The maximum absolute atomic E-state index is 12.3. The summed E-state index contributed by atoms with van der Waals surface area (Å²) in [5, 5.41) is 0. The van der Waals surface area contributed by atoms with E-state index in [1.54, 1.807) is 0 Å². The van der Waals surface area contributed by atoms with Crippen LogP contribution in [0.5, 0.6) is 0 Å². The van der Waals surface area contributed by atoms with E-state index in [-0.39, 0.29) is 17.7 Å². The maximum atomic E-state index is 12.3. The monoisotopic (exact) mass is 253 g/mol. The van der Waals surface area contributed by atoms with Crippen molar-refractivity contribution < 1.29 is 4.79 Å². The Morgan fingerprint density at radius 1 is 1.00 bits per heavy atom. The van der Waals surface area contributed by atoms with Crippen LogP contribution in [-0.2, 0) is 0 Å². The first kappa shape index (κ1) is 13.5. The van der Waals surface area contributed by atoms with Crippen LogP contribution >= 0.6 is 0 Å². The summed E-state index contributed by atoms with van der Waals surface area (Å²) < 4.78 is 0. The average Bonchev–Trinajstić information content (AvgIpc) is 2.46. The highest BCUT2D eigenvalue weighted by Crippen LogP contribution is 2.23. The second kappa shape index (κ2) is 5.81. The Balaban J connectivity index is 2.17. The number of rotatable bonds is 4. The molecule has 0 saturated heterocycles. The average molecular weight is 253 g/mol. The number of carbonyl (C=O) groups is 1. The Kier molecular flexibility index (Phi) is 4.13. The first-order valence-electron chi connectivity index (χ1n) is 6.51. The van der Waals surface area contributed by atoms with E-state index in [9.17, 15) is 4.79 Å². The zero-order valence-electron chi connectivity index (χ0n) is 11.3. The quantitative estimate of drug-likeness (QED) is 0.847. The third-order valence-electron chi connectivity index (χ3n) is 3.47. The second-order valence-electron chi connectivity index (χ2n) is 4.96. The molecular weight excluding hydrogens is 234 g/mol. The van der Waals surface area contributed by atoms with Crippen molar-refractivity contribution >= 4 is 5.78 Å². The molecule has 2 aromatic carbocycles. The summed E-state index contributed by atoms with van der Waals surface area (Å²) in [6.45, 7) is 3.92. The second-order valence-corrected chi connectivity index (χ2v) is 4.96. The molecule has 0 aliphatic carbocycles. The van der Waals surface area contributed by atoms with Crippen molar-refractivity contribution in [1.29, 1.82) is 0 Å². The zero-order chi connectivity index (χ0) is 13.8. The fourth-order valence-electron chi connectivity index (χ4n) is 2.11. The molecule has 2 N–H and O–H groups in total. The molecule has 2 nitrogen and oxygen atoms in total. The van der Waals surface area contributed by atoms with Gasteiger partial charge in [-0.2, -0.15) is 0 Å². The fourth-order valence-corrected chi connectivity index (χ4v) is 2.11. The highest BCUT2D eigenvalue weighted by atomic mass is 16.1. The topological polar surface area (TPSA) is 43.1 Å². The van der Waals surface area contributed by atoms with Crippen molar-refractivity contribution in [3.63, 3.8) is 0 Å². The lowest BCUT2D eigenvalue weighted by Crippen LogP contribution is -2.26. The molecule has 19 heavy (non-hydrogen) atoms. The first-order chi connectivity index (χ1) is 9.09. The van der Waals surface area contributed by atoms with E-state index >= 15 is 0 Å². The van der Waals surface area contributed by atoms with Crippen molar-refractivity contribution in [2.24, 2.45) is 11.7 Å². The molecule has 0 saturated carbocycles. The van der Waals surface area contributed by atoms with Crippen molar-refractivity contribution in [2.75, 3.05) is 0 Å². The van der Waals surface area contributed by atoms with E-state index < -0.39 is 0 Å². The number of Topliss-reactive ketones (excluding diaryl/α,β-unsaturated/α-hetero) is 1. The van der Waals surface area contributed by atoms with Crippen LogP contribution in [0, 0.1) is 12.8 Å². The van der Waals surface area contributed by atoms with Crippen molar-refractivity contribution in [3.05, 3.63) is 71.3 Å². The number of hydrogen-bond acceptors (Lipinski definition) is 2. The van der Waals surface area contributed by atoms with E-state index in [1.807, 2.05) is 68.4 Å². The molecule has 2 rings (SSSR count). The molecule has 0 aliphatic rings. The van der Waals surface area contributed by atoms with E-state index in [2.05, 4.69) is 0 Å². The normalized spacial score (nSPS) is 13.8. The van der Waals surface area contributed by atoms with Gasteiger partial charge in [-0.3, -0.25) is 4.79 Å². The molecule has 2 heteroatoms. The van der Waals surface area contributed by atoms with E-state index in [0.717, 1.165) is 11.1 Å². The number of benzene rings is 2. The Morgan fingerprint density at radius 3 is 2.16 bits per heavy atom. The van der Waals surface area contributed by atoms with Gasteiger partial charge in [-0.15, -0.1) is 0 Å². The minimum absolute atomic E-state index is 0.0914. The summed E-state index contributed by atoms with van der Waals surface area (Å²) in [6, 6.07) is 17.1. The van der Waals surface area contributed by atoms with Gasteiger partial charge in [0.1, 0.15) is 0 Å². The number of carbonyl (C=O) groups excluding carboxylic acids is 1. The minimum Gasteiger partial charge on any atom is -0.323 e. The Bertz CT molecular complexity index is 545. The third-order valence-corrected chi connectivity index (χ3v) is 3.47. The SMILES string of the molecule is Cc1ccc([C@@H](N)[C@@H](C)C(=O)c2ccccc2)cc1. The summed E-state index contributed by atoms with van der Waals surface area (Å²) in [4.78, 5) is 12.3. The predicted molar refractivity (Wildman–Crippen MR) is 78.0 cm³/mol. The van der Waals surface area contributed by atoms with Crippen molar-refractivity contribution in [2.45, 2.75) is 19.9 Å². The smallest absolute Gasteiger partial charge is 0.167 e. The van der Waals surface area contributed by atoms with Crippen LogP contribution in [0.3, 0.4) is 0 Å². The number of nitrogens with two attached hydrogens (primary N) is 1. The van der Waals surface area contributed by atoms with Crippen LogP contribution in [-0.4, -0.2) is 5.78 Å². The molecule has 98 valence electrons. The van der Waals surface area contributed by atoms with Gasteiger partial charge in [0.25, 0.3) is 0 Å². The van der Waals surface area contributed by atoms with E-state index in [1.165, 1.54) is 5.56 Å². The molecular formula is C17H19NO. The zero-order valence-corrected chi connectivity index (χ0v) is 11.3. The number of aryl methyl sites for hydroxylation is 1. The predicted octanol–water partition coefficient (Wildman–Crippen LogP) is 3.51. The lowest BCUT2D eigenvalue weighted by Gasteiger charge is -2.19. The van der Waals surface area contributed by atoms with Gasteiger partial charge in [0, 0.05) is 17.5 Å². The first-order valence-corrected chi connectivity index (χ1v) is 6.51. The van der Waals surface area contributed by atoms with Crippen LogP contribution in [0.2, 0.25) is 0 Å². The van der Waals surface area contributed by atoms with Gasteiger partial charge in [0.15, 0.2) is 5.78 Å². The standard InChI is InChI=1S/C17H19NO/c1-12-8-10-14(11-9-12)16(18)13(2)17(19)15-6-4-3-5-7-15/h3-11,13,16H,18H2,1-2H3/t13-,16+/m1/s1. The van der Waals surface area contributed by atoms with Gasteiger partial charge < -0.3 is 5.73 Å². The molecule has 0 aliphatic heterocycles. The largest absolute Gasteiger partial charge is 0.323 e. The summed E-state index contributed by atoms with van der Waals surface area (Å²) in [6.07, 6.45) is 0. The number of hydrogen-bond donors (Lipinski definition) is 1. The molecule has 0 bridgehead atoms. The molecule has 0 heterocycles. The summed E-state index contributed by atoms with van der Waals surface area (Å²) in [5.74, 6) is -0.140. The van der Waals surface area contributed by atoms with Gasteiger partial charge in [-0.05, 0) is 12.5 Å².